The van der Waals surface area contributed by atoms with Crippen molar-refractivity contribution in [3.8, 4) is 17.0 Å². The van der Waals surface area contributed by atoms with E-state index in [9.17, 15) is 4.79 Å². The molecule has 0 aliphatic rings. The SMILES string of the molecule is CCNC(=O)c1cc(-c2ccccc2OC(C)C)nc(N)n1. The second-order valence-corrected chi connectivity index (χ2v) is 5.02. The van der Waals surface area contributed by atoms with Gasteiger partial charge < -0.3 is 15.8 Å². The number of para-hydroxylation sites is 1. The molecule has 0 aliphatic carbocycles. The second kappa shape index (κ2) is 6.89. The fraction of sp³-hybridized carbons (Fsp3) is 0.312. The molecule has 1 aromatic heterocycles. The molecule has 0 unspecified atom stereocenters. The molecule has 2 aromatic rings. The number of carbonyl (C=O) groups excluding carboxylic acids is 1. The molecule has 1 amide bonds. The van der Waals surface area contributed by atoms with Crippen LogP contribution in [0.2, 0.25) is 0 Å². The molecule has 2 rings (SSSR count). The number of aromatic nitrogens is 2. The van der Waals surface area contributed by atoms with E-state index in [2.05, 4.69) is 15.3 Å². The Morgan fingerprint density at radius 3 is 2.73 bits per heavy atom. The van der Waals surface area contributed by atoms with E-state index in [0.717, 1.165) is 5.56 Å². The summed E-state index contributed by atoms with van der Waals surface area (Å²) in [6.45, 7) is 6.26. The standard InChI is InChI=1S/C16H20N4O2/c1-4-18-15(21)13-9-12(19-16(17)20-13)11-7-5-6-8-14(11)22-10(2)3/h5-10H,4H2,1-3H3,(H,18,21)(H2,17,19,20). The highest BCUT2D eigenvalue weighted by Crippen LogP contribution is 2.29. The first-order valence-corrected chi connectivity index (χ1v) is 7.20. The molecule has 0 saturated carbocycles. The highest BCUT2D eigenvalue weighted by atomic mass is 16.5. The molecule has 6 heteroatoms. The van der Waals surface area contributed by atoms with Gasteiger partial charge in [0.15, 0.2) is 0 Å². The summed E-state index contributed by atoms with van der Waals surface area (Å²) < 4.78 is 5.79. The molecule has 3 N–H and O–H groups in total. The predicted octanol–water partition coefficient (Wildman–Crippen LogP) is 2.26. The van der Waals surface area contributed by atoms with Crippen molar-refractivity contribution in [1.29, 1.82) is 0 Å². The molecule has 22 heavy (non-hydrogen) atoms. The number of nitrogens with two attached hydrogens (primary N) is 1. The van der Waals surface area contributed by atoms with Crippen LogP contribution in [0.25, 0.3) is 11.3 Å². The first kappa shape index (κ1) is 15.8. The normalized spacial score (nSPS) is 10.5. The Labute approximate surface area is 129 Å². The van der Waals surface area contributed by atoms with Gasteiger partial charge in [-0.3, -0.25) is 4.79 Å². The molecule has 1 heterocycles. The second-order valence-electron chi connectivity index (χ2n) is 5.02. The molecule has 0 radical (unpaired) electrons. The average molecular weight is 300 g/mol. The zero-order valence-electron chi connectivity index (χ0n) is 13.0. The number of carbonyl (C=O) groups is 1. The Morgan fingerprint density at radius 2 is 2.05 bits per heavy atom. The number of benzene rings is 1. The molecule has 1 aromatic carbocycles. The number of ether oxygens (including phenoxy) is 1. The van der Waals surface area contributed by atoms with Gasteiger partial charge in [-0.1, -0.05) is 12.1 Å². The van der Waals surface area contributed by atoms with E-state index in [-0.39, 0.29) is 23.7 Å². The number of nitrogens with zero attached hydrogens (tertiary/aromatic N) is 2. The molecular formula is C16H20N4O2. The maximum atomic E-state index is 12.0. The van der Waals surface area contributed by atoms with Gasteiger partial charge in [0.05, 0.1) is 11.8 Å². The van der Waals surface area contributed by atoms with E-state index in [4.69, 9.17) is 10.5 Å². The van der Waals surface area contributed by atoms with Crippen LogP contribution in [0.15, 0.2) is 30.3 Å². The summed E-state index contributed by atoms with van der Waals surface area (Å²) in [7, 11) is 0. The van der Waals surface area contributed by atoms with Crippen molar-refractivity contribution in [2.45, 2.75) is 26.9 Å². The average Bonchev–Trinajstić information content (AvgIpc) is 2.47. The summed E-state index contributed by atoms with van der Waals surface area (Å²) in [5.74, 6) is 0.468. The molecule has 0 aliphatic heterocycles. The summed E-state index contributed by atoms with van der Waals surface area (Å²) in [6.07, 6.45) is 0.0307. The summed E-state index contributed by atoms with van der Waals surface area (Å²) in [5, 5.41) is 2.70. The number of hydrogen-bond acceptors (Lipinski definition) is 5. The van der Waals surface area contributed by atoms with Crippen LogP contribution in [0.1, 0.15) is 31.3 Å². The van der Waals surface area contributed by atoms with E-state index in [1.807, 2.05) is 45.0 Å². The quantitative estimate of drug-likeness (QED) is 0.884. The van der Waals surface area contributed by atoms with Crippen LogP contribution in [0, 0.1) is 0 Å². The number of rotatable bonds is 5. The number of nitrogen functional groups attached to an aromatic ring is 1. The van der Waals surface area contributed by atoms with Gasteiger partial charge in [-0.05, 0) is 39.0 Å². The van der Waals surface area contributed by atoms with E-state index in [1.165, 1.54) is 0 Å². The van der Waals surface area contributed by atoms with E-state index < -0.39 is 0 Å². The molecule has 116 valence electrons. The molecule has 0 fully saturated rings. The minimum Gasteiger partial charge on any atom is -0.490 e. The topological polar surface area (TPSA) is 90.1 Å². The van der Waals surface area contributed by atoms with Crippen molar-refractivity contribution in [3.63, 3.8) is 0 Å². The van der Waals surface area contributed by atoms with E-state index in [1.54, 1.807) is 6.07 Å². The van der Waals surface area contributed by atoms with Crippen molar-refractivity contribution in [3.05, 3.63) is 36.0 Å². The van der Waals surface area contributed by atoms with Crippen LogP contribution in [-0.2, 0) is 0 Å². The van der Waals surface area contributed by atoms with Crippen molar-refractivity contribution in [1.82, 2.24) is 15.3 Å². The summed E-state index contributed by atoms with van der Waals surface area (Å²) in [6, 6.07) is 9.12. The smallest absolute Gasteiger partial charge is 0.270 e. The largest absolute Gasteiger partial charge is 0.490 e. The van der Waals surface area contributed by atoms with Crippen molar-refractivity contribution in [2.75, 3.05) is 12.3 Å². The van der Waals surface area contributed by atoms with Gasteiger partial charge in [0.25, 0.3) is 5.91 Å². The number of hydrogen-bond donors (Lipinski definition) is 2. The van der Waals surface area contributed by atoms with Crippen LogP contribution in [0.3, 0.4) is 0 Å². The van der Waals surface area contributed by atoms with Gasteiger partial charge >= 0.3 is 0 Å². The summed E-state index contributed by atoms with van der Waals surface area (Å²) >= 11 is 0. The zero-order chi connectivity index (χ0) is 16.1. The number of nitrogens with one attached hydrogen (secondary N) is 1. The summed E-state index contributed by atoms with van der Waals surface area (Å²) in [5.41, 5.74) is 7.31. The fourth-order valence-corrected chi connectivity index (χ4v) is 2.01. The number of anilines is 1. The van der Waals surface area contributed by atoms with Crippen LogP contribution >= 0.6 is 0 Å². The Morgan fingerprint density at radius 1 is 1.32 bits per heavy atom. The molecule has 0 saturated heterocycles. The zero-order valence-corrected chi connectivity index (χ0v) is 13.0. The fourth-order valence-electron chi connectivity index (χ4n) is 2.01. The van der Waals surface area contributed by atoms with Crippen molar-refractivity contribution >= 4 is 11.9 Å². The maximum Gasteiger partial charge on any atom is 0.270 e. The minimum atomic E-state index is -0.278. The lowest BCUT2D eigenvalue weighted by Gasteiger charge is -2.14. The molecule has 0 spiro atoms. The van der Waals surface area contributed by atoms with Gasteiger partial charge in [0.2, 0.25) is 5.95 Å². The maximum absolute atomic E-state index is 12.0. The molecular weight excluding hydrogens is 280 g/mol. The van der Waals surface area contributed by atoms with Crippen LogP contribution in [-0.4, -0.2) is 28.5 Å². The predicted molar refractivity (Wildman–Crippen MR) is 85.7 cm³/mol. The van der Waals surface area contributed by atoms with Crippen LogP contribution in [0.4, 0.5) is 5.95 Å². The van der Waals surface area contributed by atoms with Gasteiger partial charge in [-0.2, -0.15) is 0 Å². The lowest BCUT2D eigenvalue weighted by molar-refractivity contribution is 0.0951. The summed E-state index contributed by atoms with van der Waals surface area (Å²) in [4.78, 5) is 20.2. The Hall–Kier alpha value is -2.63. The first-order chi connectivity index (χ1) is 10.5. The molecule has 0 atom stereocenters. The third-order valence-corrected chi connectivity index (χ3v) is 2.84. The third-order valence-electron chi connectivity index (χ3n) is 2.84. The lowest BCUT2D eigenvalue weighted by Crippen LogP contribution is -2.24. The molecule has 0 bridgehead atoms. The van der Waals surface area contributed by atoms with Gasteiger partial charge in [-0.25, -0.2) is 9.97 Å². The third kappa shape index (κ3) is 3.72. The highest BCUT2D eigenvalue weighted by Gasteiger charge is 2.14. The van der Waals surface area contributed by atoms with E-state index >= 15 is 0 Å². The van der Waals surface area contributed by atoms with Crippen LogP contribution < -0.4 is 15.8 Å². The van der Waals surface area contributed by atoms with Gasteiger partial charge in [-0.15, -0.1) is 0 Å². The Bertz CT molecular complexity index is 671. The lowest BCUT2D eigenvalue weighted by atomic mass is 10.1. The molecule has 6 nitrogen and oxygen atoms in total. The Kier molecular flexibility index (Phi) is 4.93. The number of amides is 1. The minimum absolute atomic E-state index is 0.0307. The van der Waals surface area contributed by atoms with Crippen molar-refractivity contribution < 1.29 is 9.53 Å². The van der Waals surface area contributed by atoms with Gasteiger partial charge in [0, 0.05) is 12.1 Å². The Balaban J connectivity index is 2.47. The van der Waals surface area contributed by atoms with Gasteiger partial charge in [0.1, 0.15) is 11.4 Å². The highest BCUT2D eigenvalue weighted by molar-refractivity contribution is 5.93. The monoisotopic (exact) mass is 300 g/mol. The van der Waals surface area contributed by atoms with Crippen LogP contribution in [0.5, 0.6) is 5.75 Å². The first-order valence-electron chi connectivity index (χ1n) is 7.20. The van der Waals surface area contributed by atoms with E-state index in [0.29, 0.717) is 18.0 Å². The van der Waals surface area contributed by atoms with Crippen molar-refractivity contribution in [2.24, 2.45) is 0 Å².